The number of nitrogens with one attached hydrogen (secondary N) is 1. The third kappa shape index (κ3) is 5.36. The first-order valence-corrected chi connectivity index (χ1v) is 8.05. The second-order valence-electron chi connectivity index (χ2n) is 5.80. The second kappa shape index (κ2) is 8.32. The van der Waals surface area contributed by atoms with Gasteiger partial charge in [-0.15, -0.1) is 0 Å². The molecule has 5 nitrogen and oxygen atoms in total. The number of halogens is 3. The maximum Gasteiger partial charge on any atom is 0.422 e. The summed E-state index contributed by atoms with van der Waals surface area (Å²) >= 11 is 0. The maximum absolute atomic E-state index is 12.6. The van der Waals surface area contributed by atoms with Crippen molar-refractivity contribution in [2.75, 3.05) is 32.8 Å². The SMILES string of the molecule is CCNCC1CCN(C(=O)c2cccnc2OCC(F)(F)F)CC1. The van der Waals surface area contributed by atoms with Crippen molar-refractivity contribution >= 4 is 5.91 Å². The van der Waals surface area contributed by atoms with E-state index in [1.807, 2.05) is 6.92 Å². The number of hydrogen-bond acceptors (Lipinski definition) is 4. The first-order valence-electron chi connectivity index (χ1n) is 8.05. The highest BCUT2D eigenvalue weighted by atomic mass is 19.4. The lowest BCUT2D eigenvalue weighted by Gasteiger charge is -2.32. The molecule has 1 aromatic rings. The van der Waals surface area contributed by atoms with E-state index >= 15 is 0 Å². The zero-order chi connectivity index (χ0) is 17.6. The van der Waals surface area contributed by atoms with Gasteiger partial charge >= 0.3 is 6.18 Å². The number of likely N-dealkylation sites (tertiary alicyclic amines) is 1. The molecule has 1 aliphatic rings. The number of carbonyl (C=O) groups is 1. The third-order valence-corrected chi connectivity index (χ3v) is 3.96. The highest BCUT2D eigenvalue weighted by Crippen LogP contribution is 2.24. The topological polar surface area (TPSA) is 54.5 Å². The minimum Gasteiger partial charge on any atom is -0.467 e. The molecular formula is C16H22F3N3O2. The lowest BCUT2D eigenvalue weighted by molar-refractivity contribution is -0.154. The Morgan fingerprint density at radius 1 is 1.42 bits per heavy atom. The van der Waals surface area contributed by atoms with Gasteiger partial charge in [0.05, 0.1) is 0 Å². The zero-order valence-corrected chi connectivity index (χ0v) is 13.6. The van der Waals surface area contributed by atoms with E-state index in [1.54, 1.807) is 4.90 Å². The van der Waals surface area contributed by atoms with Crippen molar-refractivity contribution in [2.45, 2.75) is 25.9 Å². The van der Waals surface area contributed by atoms with Crippen LogP contribution in [0.15, 0.2) is 18.3 Å². The van der Waals surface area contributed by atoms with Gasteiger partial charge in [0.25, 0.3) is 5.91 Å². The number of alkyl halides is 3. The summed E-state index contributed by atoms with van der Waals surface area (Å²) < 4.78 is 41.7. The van der Waals surface area contributed by atoms with Gasteiger partial charge in [-0.1, -0.05) is 6.92 Å². The number of pyridine rings is 1. The van der Waals surface area contributed by atoms with E-state index in [-0.39, 0.29) is 17.4 Å². The van der Waals surface area contributed by atoms with Crippen LogP contribution in [-0.4, -0.2) is 54.8 Å². The van der Waals surface area contributed by atoms with Gasteiger partial charge in [-0.2, -0.15) is 13.2 Å². The highest BCUT2D eigenvalue weighted by Gasteiger charge is 2.31. The molecule has 1 fully saturated rings. The van der Waals surface area contributed by atoms with Crippen molar-refractivity contribution in [1.82, 2.24) is 15.2 Å². The van der Waals surface area contributed by atoms with E-state index in [0.717, 1.165) is 25.9 Å². The van der Waals surface area contributed by atoms with Gasteiger partial charge < -0.3 is 15.0 Å². The number of nitrogens with zero attached hydrogens (tertiary/aromatic N) is 2. The second-order valence-corrected chi connectivity index (χ2v) is 5.80. The molecule has 0 aliphatic carbocycles. The van der Waals surface area contributed by atoms with Gasteiger partial charge in [-0.05, 0) is 44.0 Å². The van der Waals surface area contributed by atoms with Gasteiger partial charge in [0.1, 0.15) is 5.56 Å². The number of piperidine rings is 1. The van der Waals surface area contributed by atoms with Gasteiger partial charge in [0.15, 0.2) is 6.61 Å². The van der Waals surface area contributed by atoms with Crippen LogP contribution in [0, 0.1) is 5.92 Å². The Balaban J connectivity index is 1.98. The van der Waals surface area contributed by atoms with Crippen LogP contribution in [0.3, 0.4) is 0 Å². The van der Waals surface area contributed by atoms with Gasteiger partial charge in [-0.3, -0.25) is 4.79 Å². The molecule has 24 heavy (non-hydrogen) atoms. The minimum atomic E-state index is -4.47. The van der Waals surface area contributed by atoms with E-state index in [4.69, 9.17) is 4.74 Å². The quantitative estimate of drug-likeness (QED) is 0.861. The Hall–Kier alpha value is -1.83. The van der Waals surface area contributed by atoms with Crippen LogP contribution in [0.1, 0.15) is 30.1 Å². The number of amides is 1. The van der Waals surface area contributed by atoms with Gasteiger partial charge in [0.2, 0.25) is 5.88 Å². The number of ether oxygens (including phenoxy) is 1. The van der Waals surface area contributed by atoms with Crippen LogP contribution in [0.4, 0.5) is 13.2 Å². The average Bonchev–Trinajstić information content (AvgIpc) is 2.57. The Morgan fingerprint density at radius 2 is 2.12 bits per heavy atom. The first kappa shape index (κ1) is 18.5. The lowest BCUT2D eigenvalue weighted by Crippen LogP contribution is -2.41. The molecule has 134 valence electrons. The van der Waals surface area contributed by atoms with Crippen LogP contribution >= 0.6 is 0 Å². The van der Waals surface area contributed by atoms with Crippen LogP contribution in [0.2, 0.25) is 0 Å². The van der Waals surface area contributed by atoms with Crippen LogP contribution in [-0.2, 0) is 0 Å². The molecule has 0 saturated carbocycles. The molecule has 2 rings (SSSR count). The van der Waals surface area contributed by atoms with Gasteiger partial charge in [0, 0.05) is 19.3 Å². The monoisotopic (exact) mass is 345 g/mol. The smallest absolute Gasteiger partial charge is 0.422 e. The fourth-order valence-corrected chi connectivity index (χ4v) is 2.68. The number of carbonyl (C=O) groups excluding carboxylic acids is 1. The fourth-order valence-electron chi connectivity index (χ4n) is 2.68. The molecule has 0 unspecified atom stereocenters. The standard InChI is InChI=1S/C16H22F3N3O2/c1-2-20-10-12-5-8-22(9-6-12)15(23)13-4-3-7-21-14(13)24-11-16(17,18)19/h3-4,7,12,20H,2,5-6,8-11H2,1H3. The molecule has 0 aromatic carbocycles. The normalized spacial score (nSPS) is 16.2. The van der Waals surface area contributed by atoms with E-state index in [0.29, 0.717) is 19.0 Å². The molecule has 0 spiro atoms. The van der Waals surface area contributed by atoms with E-state index in [1.165, 1.54) is 18.3 Å². The summed E-state index contributed by atoms with van der Waals surface area (Å²) in [5.41, 5.74) is 0.0758. The molecule has 1 aliphatic heterocycles. The first-order chi connectivity index (χ1) is 11.4. The maximum atomic E-state index is 12.6. The van der Waals surface area contributed by atoms with Crippen molar-refractivity contribution < 1.29 is 22.7 Å². The molecule has 1 aromatic heterocycles. The molecule has 1 N–H and O–H groups in total. The number of hydrogen-bond donors (Lipinski definition) is 1. The van der Waals surface area contributed by atoms with Crippen molar-refractivity contribution in [1.29, 1.82) is 0 Å². The molecule has 1 amide bonds. The van der Waals surface area contributed by atoms with E-state index in [2.05, 4.69) is 10.3 Å². The van der Waals surface area contributed by atoms with Crippen LogP contribution < -0.4 is 10.1 Å². The summed E-state index contributed by atoms with van der Waals surface area (Å²) in [6.45, 7) is 3.59. The summed E-state index contributed by atoms with van der Waals surface area (Å²) in [4.78, 5) is 18.0. The van der Waals surface area contributed by atoms with Crippen LogP contribution in [0.5, 0.6) is 5.88 Å². The Bertz CT molecular complexity index is 544. The zero-order valence-electron chi connectivity index (χ0n) is 13.6. The molecule has 0 atom stereocenters. The Kier molecular flexibility index (Phi) is 6.42. The van der Waals surface area contributed by atoms with E-state index in [9.17, 15) is 18.0 Å². The highest BCUT2D eigenvalue weighted by molar-refractivity contribution is 5.96. The van der Waals surface area contributed by atoms with Crippen molar-refractivity contribution in [3.05, 3.63) is 23.9 Å². The molecule has 0 bridgehead atoms. The van der Waals surface area contributed by atoms with Crippen LogP contribution in [0.25, 0.3) is 0 Å². The minimum absolute atomic E-state index is 0.0758. The molecular weight excluding hydrogens is 323 g/mol. The molecule has 1 saturated heterocycles. The predicted octanol–water partition coefficient (Wildman–Crippen LogP) is 2.48. The Morgan fingerprint density at radius 3 is 2.75 bits per heavy atom. The summed E-state index contributed by atoms with van der Waals surface area (Å²) in [7, 11) is 0. The predicted molar refractivity (Wildman–Crippen MR) is 83.0 cm³/mol. The summed E-state index contributed by atoms with van der Waals surface area (Å²) in [6.07, 6.45) is -1.41. The van der Waals surface area contributed by atoms with Crippen molar-refractivity contribution in [3.8, 4) is 5.88 Å². The third-order valence-electron chi connectivity index (χ3n) is 3.96. The number of aromatic nitrogens is 1. The van der Waals surface area contributed by atoms with Crippen molar-refractivity contribution in [3.63, 3.8) is 0 Å². The molecule has 0 radical (unpaired) electrons. The Labute approximate surface area is 139 Å². The van der Waals surface area contributed by atoms with Gasteiger partial charge in [-0.25, -0.2) is 4.98 Å². The number of rotatable bonds is 6. The molecule has 2 heterocycles. The fraction of sp³-hybridized carbons (Fsp3) is 0.625. The summed E-state index contributed by atoms with van der Waals surface area (Å²) in [5, 5.41) is 3.29. The lowest BCUT2D eigenvalue weighted by atomic mass is 9.96. The molecule has 8 heteroatoms. The summed E-state index contributed by atoms with van der Waals surface area (Å²) in [6, 6.07) is 2.97. The largest absolute Gasteiger partial charge is 0.467 e. The average molecular weight is 345 g/mol. The van der Waals surface area contributed by atoms with Crippen molar-refractivity contribution in [2.24, 2.45) is 5.92 Å². The summed E-state index contributed by atoms with van der Waals surface area (Å²) in [5.74, 6) is -0.0828. The van der Waals surface area contributed by atoms with E-state index < -0.39 is 12.8 Å².